The molecule has 0 unspecified atom stereocenters. The van der Waals surface area contributed by atoms with Gasteiger partial charge in [0.15, 0.2) is 0 Å². The molecule has 1 aromatic carbocycles. The summed E-state index contributed by atoms with van der Waals surface area (Å²) >= 11 is 5.75. The largest absolute Gasteiger partial charge is 0.397 e. The number of likely N-dealkylation sites (N-methyl/N-ethyl adjacent to an activating group) is 1. The summed E-state index contributed by atoms with van der Waals surface area (Å²) in [6.45, 7) is 1.87. The third-order valence-corrected chi connectivity index (χ3v) is 4.30. The number of ether oxygens (including phenoxy) is 1. The lowest BCUT2D eigenvalue weighted by Crippen LogP contribution is -2.28. The lowest BCUT2D eigenvalue weighted by Gasteiger charge is -2.11. The van der Waals surface area contributed by atoms with Crippen LogP contribution in [0.1, 0.15) is 0 Å². The molecule has 0 atom stereocenters. The van der Waals surface area contributed by atoms with Gasteiger partial charge in [-0.05, 0) is 32.3 Å². The second-order valence-corrected chi connectivity index (χ2v) is 6.67. The molecule has 0 aliphatic heterocycles. The second-order valence-electron chi connectivity index (χ2n) is 4.50. The summed E-state index contributed by atoms with van der Waals surface area (Å²) in [7, 11) is 0.301. The minimum Gasteiger partial charge on any atom is -0.397 e. The maximum absolute atomic E-state index is 12.0. The van der Waals surface area contributed by atoms with Gasteiger partial charge in [0.2, 0.25) is 10.0 Å². The van der Waals surface area contributed by atoms with Crippen LogP contribution in [0.5, 0.6) is 0 Å². The number of nitrogens with one attached hydrogen (secondary N) is 1. The van der Waals surface area contributed by atoms with Crippen LogP contribution in [-0.2, 0) is 14.8 Å². The fourth-order valence-corrected chi connectivity index (χ4v) is 2.54. The van der Waals surface area contributed by atoms with Crippen molar-refractivity contribution in [3.63, 3.8) is 0 Å². The predicted molar refractivity (Wildman–Crippen MR) is 80.4 cm³/mol. The Morgan fingerprint density at radius 1 is 1.35 bits per heavy atom. The van der Waals surface area contributed by atoms with E-state index in [1.807, 2.05) is 19.0 Å². The number of nitrogens with two attached hydrogens (primary N) is 1. The van der Waals surface area contributed by atoms with E-state index in [0.29, 0.717) is 18.2 Å². The molecule has 0 saturated heterocycles. The molecule has 0 aromatic heterocycles. The average molecular weight is 322 g/mol. The molecule has 6 nitrogen and oxygen atoms in total. The molecule has 0 fully saturated rings. The van der Waals surface area contributed by atoms with Crippen LogP contribution in [0.15, 0.2) is 23.1 Å². The van der Waals surface area contributed by atoms with Crippen molar-refractivity contribution in [2.45, 2.75) is 4.90 Å². The van der Waals surface area contributed by atoms with E-state index in [2.05, 4.69) is 4.72 Å². The molecule has 0 saturated carbocycles. The molecular formula is C12H20ClN3O3S. The van der Waals surface area contributed by atoms with Gasteiger partial charge in [0.25, 0.3) is 0 Å². The number of anilines is 1. The minimum atomic E-state index is -3.58. The second kappa shape index (κ2) is 7.80. The summed E-state index contributed by atoms with van der Waals surface area (Å²) < 4.78 is 31.7. The molecule has 3 N–H and O–H groups in total. The van der Waals surface area contributed by atoms with E-state index in [0.717, 1.165) is 6.54 Å². The highest BCUT2D eigenvalue weighted by atomic mass is 35.5. The Hall–Kier alpha value is -0.860. The zero-order valence-electron chi connectivity index (χ0n) is 11.6. The first-order chi connectivity index (χ1) is 9.33. The number of rotatable bonds is 8. The number of sulfonamides is 1. The number of nitrogen functional groups attached to an aromatic ring is 1. The Bertz CT molecular complexity index is 535. The predicted octanol–water partition coefficient (Wildman–Crippen LogP) is 0.779. The Labute approximate surface area is 124 Å². The van der Waals surface area contributed by atoms with E-state index in [4.69, 9.17) is 22.1 Å². The molecule has 1 aromatic rings. The van der Waals surface area contributed by atoms with Gasteiger partial charge in [-0.15, -0.1) is 0 Å². The fraction of sp³-hybridized carbons (Fsp3) is 0.500. The highest BCUT2D eigenvalue weighted by Gasteiger charge is 2.14. The number of hydrogen-bond donors (Lipinski definition) is 2. The summed E-state index contributed by atoms with van der Waals surface area (Å²) in [4.78, 5) is 2.08. The summed E-state index contributed by atoms with van der Waals surface area (Å²) in [5.41, 5.74) is 5.82. The third kappa shape index (κ3) is 5.64. The lowest BCUT2D eigenvalue weighted by atomic mass is 10.3. The standard InChI is InChI=1S/C12H20ClN3O3S/c1-16(2)6-8-19-7-5-15-20(17,18)10-3-4-11(13)12(14)9-10/h3-4,9,15H,5-8,14H2,1-2H3. The van der Waals surface area contributed by atoms with E-state index < -0.39 is 10.0 Å². The molecule has 114 valence electrons. The van der Waals surface area contributed by atoms with E-state index in [1.54, 1.807) is 0 Å². The van der Waals surface area contributed by atoms with Crippen LogP contribution >= 0.6 is 11.6 Å². The lowest BCUT2D eigenvalue weighted by molar-refractivity contribution is 0.122. The molecule has 8 heteroatoms. The zero-order chi connectivity index (χ0) is 15.2. The molecule has 0 heterocycles. The molecule has 0 spiro atoms. The Kier molecular flexibility index (Phi) is 6.70. The molecule has 0 aliphatic carbocycles. The van der Waals surface area contributed by atoms with Gasteiger partial charge in [-0.3, -0.25) is 0 Å². The van der Waals surface area contributed by atoms with Crippen LogP contribution < -0.4 is 10.5 Å². The topological polar surface area (TPSA) is 84.7 Å². The smallest absolute Gasteiger partial charge is 0.240 e. The van der Waals surface area contributed by atoms with Crippen molar-refractivity contribution in [3.8, 4) is 0 Å². The van der Waals surface area contributed by atoms with E-state index in [9.17, 15) is 8.42 Å². The molecule has 0 amide bonds. The molecule has 20 heavy (non-hydrogen) atoms. The van der Waals surface area contributed by atoms with Crippen LogP contribution in [0.4, 0.5) is 5.69 Å². The molecule has 0 radical (unpaired) electrons. The van der Waals surface area contributed by atoms with E-state index >= 15 is 0 Å². The Morgan fingerprint density at radius 3 is 2.65 bits per heavy atom. The monoisotopic (exact) mass is 321 g/mol. The summed E-state index contributed by atoms with van der Waals surface area (Å²) in [6, 6.07) is 4.20. The van der Waals surface area contributed by atoms with Gasteiger partial charge in [-0.25, -0.2) is 13.1 Å². The van der Waals surface area contributed by atoms with Gasteiger partial charge in [-0.1, -0.05) is 11.6 Å². The van der Waals surface area contributed by atoms with Crippen molar-refractivity contribution >= 4 is 27.3 Å². The van der Waals surface area contributed by atoms with Gasteiger partial charge in [0.05, 0.1) is 28.8 Å². The highest BCUT2D eigenvalue weighted by molar-refractivity contribution is 7.89. The van der Waals surface area contributed by atoms with Gasteiger partial charge < -0.3 is 15.4 Å². The first-order valence-electron chi connectivity index (χ1n) is 6.10. The van der Waals surface area contributed by atoms with Crippen LogP contribution in [0.3, 0.4) is 0 Å². The first-order valence-corrected chi connectivity index (χ1v) is 7.96. The molecular weight excluding hydrogens is 302 g/mol. The van der Waals surface area contributed by atoms with Gasteiger partial charge in [-0.2, -0.15) is 0 Å². The van der Waals surface area contributed by atoms with E-state index in [1.165, 1.54) is 18.2 Å². The molecule has 0 aliphatic rings. The van der Waals surface area contributed by atoms with Crippen molar-refractivity contribution in [3.05, 3.63) is 23.2 Å². The van der Waals surface area contributed by atoms with Crippen molar-refractivity contribution < 1.29 is 13.2 Å². The number of hydrogen-bond acceptors (Lipinski definition) is 5. The van der Waals surface area contributed by atoms with Crippen molar-refractivity contribution in [2.75, 3.05) is 46.1 Å². The number of halogens is 1. The first kappa shape index (κ1) is 17.2. The van der Waals surface area contributed by atoms with Gasteiger partial charge in [0, 0.05) is 13.1 Å². The Balaban J connectivity index is 2.43. The SMILES string of the molecule is CN(C)CCOCCNS(=O)(=O)c1ccc(Cl)c(N)c1. The van der Waals surface area contributed by atoms with Crippen molar-refractivity contribution in [1.82, 2.24) is 9.62 Å². The number of benzene rings is 1. The molecule has 1 rings (SSSR count). The highest BCUT2D eigenvalue weighted by Crippen LogP contribution is 2.21. The van der Waals surface area contributed by atoms with E-state index in [-0.39, 0.29) is 17.1 Å². The fourth-order valence-electron chi connectivity index (χ4n) is 1.37. The zero-order valence-corrected chi connectivity index (χ0v) is 13.2. The van der Waals surface area contributed by atoms with Gasteiger partial charge in [0.1, 0.15) is 0 Å². The third-order valence-electron chi connectivity index (χ3n) is 2.50. The maximum Gasteiger partial charge on any atom is 0.240 e. The average Bonchev–Trinajstić information content (AvgIpc) is 2.36. The maximum atomic E-state index is 12.0. The van der Waals surface area contributed by atoms with Crippen LogP contribution in [0.25, 0.3) is 0 Å². The van der Waals surface area contributed by atoms with Crippen LogP contribution in [-0.4, -0.2) is 53.7 Å². The summed E-state index contributed by atoms with van der Waals surface area (Å²) in [5.74, 6) is 0. The quantitative estimate of drug-likeness (QED) is 0.546. The van der Waals surface area contributed by atoms with Crippen molar-refractivity contribution in [1.29, 1.82) is 0 Å². The van der Waals surface area contributed by atoms with Crippen molar-refractivity contribution in [2.24, 2.45) is 0 Å². The normalized spacial score (nSPS) is 12.0. The Morgan fingerprint density at radius 2 is 2.05 bits per heavy atom. The molecule has 0 bridgehead atoms. The van der Waals surface area contributed by atoms with Crippen LogP contribution in [0, 0.1) is 0 Å². The van der Waals surface area contributed by atoms with Crippen LogP contribution in [0.2, 0.25) is 5.02 Å². The minimum absolute atomic E-state index is 0.0905. The number of nitrogens with zero attached hydrogens (tertiary/aromatic N) is 1. The summed E-state index contributed by atoms with van der Waals surface area (Å²) in [6.07, 6.45) is 0. The van der Waals surface area contributed by atoms with Gasteiger partial charge >= 0.3 is 0 Å². The summed E-state index contributed by atoms with van der Waals surface area (Å²) in [5, 5.41) is 0.330.